The molecular weight excluding hydrogens is 362 g/mol. The quantitative estimate of drug-likeness (QED) is 0.668. The molecule has 2 aromatic heterocycles. The molecule has 2 aliphatic rings. The van der Waals surface area contributed by atoms with Crippen molar-refractivity contribution in [3.63, 3.8) is 0 Å². The molecule has 0 bridgehead atoms. The van der Waals surface area contributed by atoms with Gasteiger partial charge in [-0.25, -0.2) is 4.98 Å². The van der Waals surface area contributed by atoms with Gasteiger partial charge in [-0.15, -0.1) is 0 Å². The number of hydrogen-bond acceptors (Lipinski definition) is 3. The number of imidazole rings is 1. The summed E-state index contributed by atoms with van der Waals surface area (Å²) in [6.45, 7) is 2.58. The summed E-state index contributed by atoms with van der Waals surface area (Å²) < 4.78 is 4.11. The molecule has 1 aromatic carbocycles. The van der Waals surface area contributed by atoms with Crippen LogP contribution < -0.4 is 0 Å². The summed E-state index contributed by atoms with van der Waals surface area (Å²) in [5.41, 5.74) is 2.55. The van der Waals surface area contributed by atoms with E-state index in [1.165, 1.54) is 12.8 Å². The molecule has 1 atom stereocenters. The maximum Gasteiger partial charge on any atom is 0.274 e. The van der Waals surface area contributed by atoms with Gasteiger partial charge >= 0.3 is 0 Å². The zero-order chi connectivity index (χ0) is 19.8. The van der Waals surface area contributed by atoms with Gasteiger partial charge in [-0.3, -0.25) is 9.48 Å². The van der Waals surface area contributed by atoms with Gasteiger partial charge in [-0.05, 0) is 43.2 Å². The van der Waals surface area contributed by atoms with Crippen molar-refractivity contribution >= 4 is 5.91 Å². The van der Waals surface area contributed by atoms with Crippen molar-refractivity contribution in [2.75, 3.05) is 13.1 Å². The molecule has 5 rings (SSSR count). The fraction of sp³-hybridized carbons (Fsp3) is 0.435. The number of carbonyl (C=O) groups is 1. The Morgan fingerprint density at radius 2 is 2.00 bits per heavy atom. The molecule has 6 nitrogen and oxygen atoms in total. The Hall–Kier alpha value is -2.89. The van der Waals surface area contributed by atoms with Crippen molar-refractivity contribution < 1.29 is 4.79 Å². The maximum atomic E-state index is 13.2. The van der Waals surface area contributed by atoms with Gasteiger partial charge < -0.3 is 9.47 Å². The minimum absolute atomic E-state index is 0.0211. The third kappa shape index (κ3) is 3.71. The van der Waals surface area contributed by atoms with Crippen LogP contribution in [0.5, 0.6) is 0 Å². The van der Waals surface area contributed by atoms with E-state index in [0.717, 1.165) is 55.5 Å². The number of piperidine rings is 1. The SMILES string of the molecule is Cn1nc(C(=O)N2CCC[C@@H](c3nccn3CC3CC3)C2)cc1-c1ccccc1. The first kappa shape index (κ1) is 18.2. The van der Waals surface area contributed by atoms with Crippen LogP contribution in [0.3, 0.4) is 0 Å². The van der Waals surface area contributed by atoms with Gasteiger partial charge in [0.15, 0.2) is 5.69 Å². The number of aryl methyl sites for hydroxylation is 1. The summed E-state index contributed by atoms with van der Waals surface area (Å²) >= 11 is 0. The second kappa shape index (κ2) is 7.50. The first-order chi connectivity index (χ1) is 14.2. The Bertz CT molecular complexity index is 1000. The third-order valence-electron chi connectivity index (χ3n) is 6.14. The van der Waals surface area contributed by atoms with Crippen molar-refractivity contribution in [2.24, 2.45) is 13.0 Å². The molecule has 150 valence electrons. The van der Waals surface area contributed by atoms with Crippen LogP contribution in [0.4, 0.5) is 0 Å². The Kier molecular flexibility index (Phi) is 4.70. The highest BCUT2D eigenvalue weighted by atomic mass is 16.2. The highest BCUT2D eigenvalue weighted by molar-refractivity contribution is 5.93. The Morgan fingerprint density at radius 3 is 2.79 bits per heavy atom. The molecule has 3 heterocycles. The predicted octanol–water partition coefficient (Wildman–Crippen LogP) is 3.71. The summed E-state index contributed by atoms with van der Waals surface area (Å²) in [5, 5.41) is 4.52. The number of hydrogen-bond donors (Lipinski definition) is 0. The van der Waals surface area contributed by atoms with Crippen molar-refractivity contribution in [1.29, 1.82) is 0 Å². The molecule has 0 N–H and O–H groups in total. The van der Waals surface area contributed by atoms with Crippen LogP contribution in [-0.2, 0) is 13.6 Å². The smallest absolute Gasteiger partial charge is 0.274 e. The van der Waals surface area contributed by atoms with Gasteiger partial charge in [0.1, 0.15) is 5.82 Å². The third-order valence-corrected chi connectivity index (χ3v) is 6.14. The van der Waals surface area contributed by atoms with Crippen LogP contribution in [0, 0.1) is 5.92 Å². The number of benzene rings is 1. The van der Waals surface area contributed by atoms with Gasteiger partial charge in [0, 0.05) is 45.0 Å². The zero-order valence-corrected chi connectivity index (χ0v) is 16.9. The lowest BCUT2D eigenvalue weighted by Gasteiger charge is -2.32. The van der Waals surface area contributed by atoms with Crippen molar-refractivity contribution in [2.45, 2.75) is 38.1 Å². The highest BCUT2D eigenvalue weighted by Crippen LogP contribution is 2.33. The van der Waals surface area contributed by atoms with E-state index in [4.69, 9.17) is 0 Å². The fourth-order valence-electron chi connectivity index (χ4n) is 4.40. The molecule has 0 radical (unpaired) electrons. The largest absolute Gasteiger partial charge is 0.337 e. The number of likely N-dealkylation sites (tertiary alicyclic amines) is 1. The summed E-state index contributed by atoms with van der Waals surface area (Å²) in [6, 6.07) is 12.0. The van der Waals surface area contributed by atoms with E-state index < -0.39 is 0 Å². The Morgan fingerprint density at radius 1 is 1.17 bits per heavy atom. The molecule has 1 aliphatic carbocycles. The van der Waals surface area contributed by atoms with E-state index in [2.05, 4.69) is 20.8 Å². The fourth-order valence-corrected chi connectivity index (χ4v) is 4.40. The summed E-state index contributed by atoms with van der Waals surface area (Å²) in [6.07, 6.45) is 8.75. The first-order valence-corrected chi connectivity index (χ1v) is 10.6. The standard InChI is InChI=1S/C23H27N5O/c1-26-21(18-6-3-2-4-7-18)14-20(25-26)23(29)28-12-5-8-19(16-28)22-24-11-13-27(22)15-17-9-10-17/h2-4,6-7,11,13-14,17,19H,5,8-10,12,15-16H2,1H3/t19-/m1/s1. The van der Waals surface area contributed by atoms with E-state index in [0.29, 0.717) is 11.6 Å². The monoisotopic (exact) mass is 389 g/mol. The van der Waals surface area contributed by atoms with Gasteiger partial charge in [-0.2, -0.15) is 5.10 Å². The molecule has 3 aromatic rings. The molecule has 29 heavy (non-hydrogen) atoms. The van der Waals surface area contributed by atoms with Gasteiger partial charge in [0.2, 0.25) is 0 Å². The minimum Gasteiger partial charge on any atom is -0.337 e. The average molecular weight is 390 g/mol. The molecule has 2 fully saturated rings. The van der Waals surface area contributed by atoms with Crippen LogP contribution in [0.25, 0.3) is 11.3 Å². The minimum atomic E-state index is 0.0211. The second-order valence-corrected chi connectivity index (χ2v) is 8.38. The van der Waals surface area contributed by atoms with E-state index in [-0.39, 0.29) is 5.91 Å². The van der Waals surface area contributed by atoms with Crippen LogP contribution in [0.1, 0.15) is 47.9 Å². The second-order valence-electron chi connectivity index (χ2n) is 8.38. The number of nitrogens with zero attached hydrogens (tertiary/aromatic N) is 5. The summed E-state index contributed by atoms with van der Waals surface area (Å²) in [7, 11) is 1.90. The van der Waals surface area contributed by atoms with Crippen molar-refractivity contribution in [1.82, 2.24) is 24.2 Å². The number of rotatable bonds is 5. The van der Waals surface area contributed by atoms with Gasteiger partial charge in [0.05, 0.1) is 5.69 Å². The van der Waals surface area contributed by atoms with Crippen LogP contribution in [-0.4, -0.2) is 43.2 Å². The zero-order valence-electron chi connectivity index (χ0n) is 16.9. The average Bonchev–Trinajstić information content (AvgIpc) is 3.30. The summed E-state index contributed by atoms with van der Waals surface area (Å²) in [4.78, 5) is 19.8. The number of aromatic nitrogens is 4. The molecule has 1 saturated carbocycles. The maximum absolute atomic E-state index is 13.2. The Labute approximate surface area is 171 Å². The van der Waals surface area contributed by atoms with Crippen LogP contribution >= 0.6 is 0 Å². The first-order valence-electron chi connectivity index (χ1n) is 10.6. The van der Waals surface area contributed by atoms with Crippen LogP contribution in [0.2, 0.25) is 0 Å². The van der Waals surface area contributed by atoms with Gasteiger partial charge in [0.25, 0.3) is 5.91 Å². The molecule has 0 spiro atoms. The van der Waals surface area contributed by atoms with Crippen molar-refractivity contribution in [3.05, 3.63) is 60.3 Å². The predicted molar refractivity (Wildman–Crippen MR) is 111 cm³/mol. The lowest BCUT2D eigenvalue weighted by Crippen LogP contribution is -2.40. The topological polar surface area (TPSA) is 56.0 Å². The molecule has 1 aliphatic heterocycles. The molecule has 1 saturated heterocycles. The van der Waals surface area contributed by atoms with Gasteiger partial charge in [-0.1, -0.05) is 30.3 Å². The van der Waals surface area contributed by atoms with Crippen molar-refractivity contribution in [3.8, 4) is 11.3 Å². The van der Waals surface area contributed by atoms with E-state index in [1.54, 1.807) is 4.68 Å². The molecule has 0 unspecified atom stereocenters. The Balaban J connectivity index is 1.33. The van der Waals surface area contributed by atoms with Crippen LogP contribution in [0.15, 0.2) is 48.8 Å². The number of amides is 1. The normalized spacial score (nSPS) is 19.5. The highest BCUT2D eigenvalue weighted by Gasteiger charge is 2.30. The van der Waals surface area contributed by atoms with E-state index >= 15 is 0 Å². The molecule has 6 heteroatoms. The number of carbonyl (C=O) groups excluding carboxylic acids is 1. The summed E-state index contributed by atoms with van der Waals surface area (Å²) in [5.74, 6) is 2.28. The van der Waals surface area contributed by atoms with E-state index in [1.807, 2.05) is 54.5 Å². The van der Waals surface area contributed by atoms with E-state index in [9.17, 15) is 4.79 Å². The lowest BCUT2D eigenvalue weighted by atomic mass is 9.96. The lowest BCUT2D eigenvalue weighted by molar-refractivity contribution is 0.0696. The molecular formula is C23H27N5O. The molecule has 1 amide bonds.